The van der Waals surface area contributed by atoms with Gasteiger partial charge in [-0.2, -0.15) is 0 Å². The second-order valence-electron chi connectivity index (χ2n) is 3.96. The summed E-state index contributed by atoms with van der Waals surface area (Å²) in [5.74, 6) is 0.963. The molecule has 78 valence electrons. The van der Waals surface area contributed by atoms with E-state index in [1.54, 1.807) is 0 Å². The molecule has 1 fully saturated rings. The average Bonchev–Trinajstić information content (AvgIpc) is 2.92. The van der Waals surface area contributed by atoms with E-state index in [1.165, 1.54) is 12.8 Å². The summed E-state index contributed by atoms with van der Waals surface area (Å²) in [6.07, 6.45) is 2.65. The molecule has 1 heterocycles. The van der Waals surface area contributed by atoms with Gasteiger partial charge in [-0.1, -0.05) is 5.16 Å². The van der Waals surface area contributed by atoms with Gasteiger partial charge in [-0.15, -0.1) is 0 Å². The van der Waals surface area contributed by atoms with Crippen molar-refractivity contribution in [2.24, 2.45) is 0 Å². The SMILES string of the molecule is CNCc1cc(CN(C)C2CC2)on1. The minimum absolute atomic E-state index is 0.771. The second-order valence-corrected chi connectivity index (χ2v) is 3.96. The van der Waals surface area contributed by atoms with Gasteiger partial charge in [-0.3, -0.25) is 4.90 Å². The lowest BCUT2D eigenvalue weighted by molar-refractivity contribution is 0.264. The molecule has 0 bridgehead atoms. The molecule has 0 saturated heterocycles. The number of hydrogen-bond acceptors (Lipinski definition) is 4. The van der Waals surface area contributed by atoms with Gasteiger partial charge in [0, 0.05) is 18.7 Å². The summed E-state index contributed by atoms with van der Waals surface area (Å²) in [6.45, 7) is 1.65. The van der Waals surface area contributed by atoms with Crippen LogP contribution in [0.2, 0.25) is 0 Å². The van der Waals surface area contributed by atoms with Gasteiger partial charge in [0.15, 0.2) is 5.76 Å². The fourth-order valence-electron chi connectivity index (χ4n) is 1.58. The Labute approximate surface area is 84.3 Å². The maximum Gasteiger partial charge on any atom is 0.151 e. The van der Waals surface area contributed by atoms with Gasteiger partial charge in [0.25, 0.3) is 0 Å². The van der Waals surface area contributed by atoms with Gasteiger partial charge < -0.3 is 9.84 Å². The molecule has 0 aromatic carbocycles. The van der Waals surface area contributed by atoms with E-state index in [-0.39, 0.29) is 0 Å². The third-order valence-corrected chi connectivity index (χ3v) is 2.54. The highest BCUT2D eigenvalue weighted by atomic mass is 16.5. The lowest BCUT2D eigenvalue weighted by Crippen LogP contribution is -2.19. The van der Waals surface area contributed by atoms with Gasteiger partial charge in [0.05, 0.1) is 12.2 Å². The third kappa shape index (κ3) is 2.33. The summed E-state index contributed by atoms with van der Waals surface area (Å²) in [6, 6.07) is 2.79. The number of hydrogen-bond donors (Lipinski definition) is 1. The predicted molar refractivity (Wildman–Crippen MR) is 53.8 cm³/mol. The Morgan fingerprint density at radius 2 is 2.43 bits per heavy atom. The molecule has 0 amide bonds. The fourth-order valence-corrected chi connectivity index (χ4v) is 1.58. The Balaban J connectivity index is 1.88. The summed E-state index contributed by atoms with van der Waals surface area (Å²) >= 11 is 0. The van der Waals surface area contributed by atoms with Crippen molar-refractivity contribution >= 4 is 0 Å². The van der Waals surface area contributed by atoms with Crippen LogP contribution in [0, 0.1) is 0 Å². The summed E-state index contributed by atoms with van der Waals surface area (Å²) in [7, 11) is 4.04. The zero-order valence-electron chi connectivity index (χ0n) is 8.79. The first-order chi connectivity index (χ1) is 6.79. The lowest BCUT2D eigenvalue weighted by atomic mass is 10.3. The molecule has 0 atom stereocenters. The van der Waals surface area contributed by atoms with Gasteiger partial charge in [0.2, 0.25) is 0 Å². The molecule has 0 unspecified atom stereocenters. The van der Waals surface area contributed by atoms with Crippen molar-refractivity contribution in [3.63, 3.8) is 0 Å². The first-order valence-electron chi connectivity index (χ1n) is 5.09. The Morgan fingerprint density at radius 3 is 3.07 bits per heavy atom. The van der Waals surface area contributed by atoms with Crippen molar-refractivity contribution in [3.05, 3.63) is 17.5 Å². The molecular weight excluding hydrogens is 178 g/mol. The van der Waals surface area contributed by atoms with Crippen LogP contribution >= 0.6 is 0 Å². The van der Waals surface area contributed by atoms with Crippen molar-refractivity contribution in [2.45, 2.75) is 32.0 Å². The van der Waals surface area contributed by atoms with Crippen LogP contribution in [0.4, 0.5) is 0 Å². The second kappa shape index (κ2) is 4.11. The van der Waals surface area contributed by atoms with E-state index in [0.29, 0.717) is 0 Å². The van der Waals surface area contributed by atoms with E-state index in [4.69, 9.17) is 4.52 Å². The minimum atomic E-state index is 0.771. The molecule has 1 N–H and O–H groups in total. The molecule has 4 heteroatoms. The molecule has 1 aromatic heterocycles. The van der Waals surface area contributed by atoms with Crippen LogP contribution in [0.1, 0.15) is 24.3 Å². The van der Waals surface area contributed by atoms with Gasteiger partial charge >= 0.3 is 0 Å². The number of nitrogens with one attached hydrogen (secondary N) is 1. The molecule has 0 radical (unpaired) electrons. The van der Waals surface area contributed by atoms with Crippen molar-refractivity contribution < 1.29 is 4.52 Å². The highest BCUT2D eigenvalue weighted by Gasteiger charge is 2.26. The molecule has 0 spiro atoms. The minimum Gasteiger partial charge on any atom is -0.360 e. The monoisotopic (exact) mass is 195 g/mol. The van der Waals surface area contributed by atoms with E-state index in [9.17, 15) is 0 Å². The normalized spacial score (nSPS) is 16.5. The third-order valence-electron chi connectivity index (χ3n) is 2.54. The Kier molecular flexibility index (Phi) is 2.84. The zero-order valence-corrected chi connectivity index (χ0v) is 8.79. The average molecular weight is 195 g/mol. The maximum atomic E-state index is 5.23. The van der Waals surface area contributed by atoms with Crippen LogP contribution in [-0.2, 0) is 13.1 Å². The first-order valence-corrected chi connectivity index (χ1v) is 5.09. The maximum absolute atomic E-state index is 5.23. The molecular formula is C10H17N3O. The van der Waals surface area contributed by atoms with Gasteiger partial charge in [-0.05, 0) is 26.9 Å². The predicted octanol–water partition coefficient (Wildman–Crippen LogP) is 0.988. The first kappa shape index (κ1) is 9.68. The Hall–Kier alpha value is -0.870. The summed E-state index contributed by atoms with van der Waals surface area (Å²) in [5, 5.41) is 7.02. The lowest BCUT2D eigenvalue weighted by Gasteiger charge is -2.12. The van der Waals surface area contributed by atoms with E-state index < -0.39 is 0 Å². The van der Waals surface area contributed by atoms with E-state index >= 15 is 0 Å². The summed E-state index contributed by atoms with van der Waals surface area (Å²) in [4.78, 5) is 2.32. The number of rotatable bonds is 5. The van der Waals surface area contributed by atoms with Crippen LogP contribution in [0.3, 0.4) is 0 Å². The molecule has 1 aromatic rings. The van der Waals surface area contributed by atoms with Crippen molar-refractivity contribution in [1.82, 2.24) is 15.4 Å². The van der Waals surface area contributed by atoms with E-state index in [1.807, 2.05) is 13.1 Å². The summed E-state index contributed by atoms with van der Waals surface area (Å²) in [5.41, 5.74) is 0.978. The number of aromatic nitrogens is 1. The van der Waals surface area contributed by atoms with E-state index in [2.05, 4.69) is 22.4 Å². The Bertz CT molecular complexity index is 293. The quantitative estimate of drug-likeness (QED) is 0.760. The van der Waals surface area contributed by atoms with Crippen molar-refractivity contribution in [2.75, 3.05) is 14.1 Å². The molecule has 1 aliphatic carbocycles. The van der Waals surface area contributed by atoms with Crippen LogP contribution in [0.15, 0.2) is 10.6 Å². The molecule has 1 aliphatic rings. The standard InChI is InChI=1S/C10H17N3O/c1-11-6-8-5-10(14-12-8)7-13(2)9-3-4-9/h5,9,11H,3-4,6-7H2,1-2H3. The topological polar surface area (TPSA) is 41.3 Å². The number of nitrogens with zero attached hydrogens (tertiary/aromatic N) is 2. The molecule has 0 aliphatic heterocycles. The smallest absolute Gasteiger partial charge is 0.151 e. The van der Waals surface area contributed by atoms with E-state index in [0.717, 1.165) is 30.6 Å². The summed E-state index contributed by atoms with van der Waals surface area (Å²) < 4.78 is 5.23. The largest absolute Gasteiger partial charge is 0.360 e. The zero-order chi connectivity index (χ0) is 9.97. The van der Waals surface area contributed by atoms with Crippen molar-refractivity contribution in [1.29, 1.82) is 0 Å². The highest BCUT2D eigenvalue weighted by Crippen LogP contribution is 2.26. The molecule has 1 saturated carbocycles. The molecule has 4 nitrogen and oxygen atoms in total. The van der Waals surface area contributed by atoms with Crippen LogP contribution in [0.5, 0.6) is 0 Å². The van der Waals surface area contributed by atoms with Crippen LogP contribution in [0.25, 0.3) is 0 Å². The van der Waals surface area contributed by atoms with Crippen LogP contribution < -0.4 is 5.32 Å². The Morgan fingerprint density at radius 1 is 1.64 bits per heavy atom. The van der Waals surface area contributed by atoms with Crippen LogP contribution in [-0.4, -0.2) is 30.2 Å². The van der Waals surface area contributed by atoms with Crippen molar-refractivity contribution in [3.8, 4) is 0 Å². The molecule has 2 rings (SSSR count). The molecule has 14 heavy (non-hydrogen) atoms. The fraction of sp³-hybridized carbons (Fsp3) is 0.700. The highest BCUT2D eigenvalue weighted by molar-refractivity contribution is 5.05. The van der Waals surface area contributed by atoms with Gasteiger partial charge in [0.1, 0.15) is 0 Å². The van der Waals surface area contributed by atoms with Gasteiger partial charge in [-0.25, -0.2) is 0 Å².